The van der Waals surface area contributed by atoms with Crippen LogP contribution in [0.5, 0.6) is 0 Å². The van der Waals surface area contributed by atoms with Crippen LogP contribution in [0.3, 0.4) is 0 Å². The molecule has 0 saturated carbocycles. The Bertz CT molecular complexity index is 562. The second-order valence-corrected chi connectivity index (χ2v) is 4.65. The summed E-state index contributed by atoms with van der Waals surface area (Å²) in [7, 11) is 1.83. The van der Waals surface area contributed by atoms with Gasteiger partial charge in [0, 0.05) is 18.8 Å². The summed E-state index contributed by atoms with van der Waals surface area (Å²) in [5, 5.41) is 2.98. The Kier molecular flexibility index (Phi) is 3.32. The molecule has 0 radical (unpaired) electrons. The third-order valence-electron chi connectivity index (χ3n) is 3.50. The first-order valence-electron chi connectivity index (χ1n) is 6.13. The van der Waals surface area contributed by atoms with Crippen LogP contribution in [0, 0.1) is 27.7 Å². The lowest BCUT2D eigenvalue weighted by atomic mass is 9.92. The van der Waals surface area contributed by atoms with E-state index in [1.54, 1.807) is 6.20 Å². The molecule has 1 N–H and O–H groups in total. The Balaban J connectivity index is 2.70. The molecular weight excluding hydrogens is 222 g/mol. The van der Waals surface area contributed by atoms with E-state index in [9.17, 15) is 0 Å². The Labute approximate surface area is 108 Å². The van der Waals surface area contributed by atoms with E-state index in [2.05, 4.69) is 49.0 Å². The van der Waals surface area contributed by atoms with Gasteiger partial charge in [0.2, 0.25) is 5.95 Å². The van der Waals surface area contributed by atoms with Crippen LogP contribution in [-0.2, 0) is 0 Å². The predicted molar refractivity (Wildman–Crippen MR) is 76.0 cm³/mol. The molecule has 1 heterocycles. The molecule has 1 aromatic heterocycles. The lowest BCUT2D eigenvalue weighted by Gasteiger charge is -2.15. The van der Waals surface area contributed by atoms with Crippen molar-refractivity contribution in [2.45, 2.75) is 27.7 Å². The summed E-state index contributed by atoms with van der Waals surface area (Å²) in [6.45, 7) is 8.59. The molecule has 2 aromatic rings. The molecule has 0 atom stereocenters. The van der Waals surface area contributed by atoms with Crippen molar-refractivity contribution in [1.82, 2.24) is 9.97 Å². The molecule has 3 heteroatoms. The lowest BCUT2D eigenvalue weighted by Crippen LogP contribution is -2.00. The van der Waals surface area contributed by atoms with Crippen molar-refractivity contribution in [3.8, 4) is 11.3 Å². The second kappa shape index (κ2) is 4.77. The largest absolute Gasteiger partial charge is 0.357 e. The van der Waals surface area contributed by atoms with Crippen molar-refractivity contribution >= 4 is 5.95 Å². The van der Waals surface area contributed by atoms with Crippen LogP contribution >= 0.6 is 0 Å². The second-order valence-electron chi connectivity index (χ2n) is 4.65. The number of nitrogens with one attached hydrogen (secondary N) is 1. The number of benzene rings is 1. The smallest absolute Gasteiger partial charge is 0.222 e. The number of hydrogen-bond donors (Lipinski definition) is 1. The van der Waals surface area contributed by atoms with Crippen molar-refractivity contribution in [3.63, 3.8) is 0 Å². The van der Waals surface area contributed by atoms with Gasteiger partial charge in [0.05, 0.1) is 5.69 Å². The highest BCUT2D eigenvalue weighted by Gasteiger charge is 2.12. The molecule has 1 aromatic carbocycles. The van der Waals surface area contributed by atoms with Gasteiger partial charge in [0.15, 0.2) is 0 Å². The minimum atomic E-state index is 0.658. The standard InChI is InChI=1S/C15H19N3/c1-9-8-10(2)12(4)14(11(9)3)13-6-7-17-15(16-5)18-13/h6-8H,1-5H3,(H,16,17,18). The highest BCUT2D eigenvalue weighted by atomic mass is 15.1. The normalized spacial score (nSPS) is 10.5. The number of hydrogen-bond acceptors (Lipinski definition) is 3. The van der Waals surface area contributed by atoms with Gasteiger partial charge in [-0.1, -0.05) is 6.07 Å². The van der Waals surface area contributed by atoms with E-state index in [1.807, 2.05) is 13.1 Å². The summed E-state index contributed by atoms with van der Waals surface area (Å²) in [4.78, 5) is 8.71. The SMILES string of the molecule is CNc1nccc(-c2c(C)c(C)cc(C)c2C)n1. The predicted octanol–water partition coefficient (Wildman–Crippen LogP) is 3.42. The lowest BCUT2D eigenvalue weighted by molar-refractivity contribution is 1.14. The number of rotatable bonds is 2. The Hall–Kier alpha value is -1.90. The molecular formula is C15H19N3. The Morgan fingerprint density at radius 1 is 1.00 bits per heavy atom. The fourth-order valence-electron chi connectivity index (χ4n) is 2.22. The van der Waals surface area contributed by atoms with Gasteiger partial charge in [-0.25, -0.2) is 9.97 Å². The topological polar surface area (TPSA) is 37.8 Å². The molecule has 0 aliphatic rings. The summed E-state index contributed by atoms with van der Waals surface area (Å²) >= 11 is 0. The summed E-state index contributed by atoms with van der Waals surface area (Å²) in [5.41, 5.74) is 7.40. The molecule has 0 amide bonds. The highest BCUT2D eigenvalue weighted by Crippen LogP contribution is 2.30. The van der Waals surface area contributed by atoms with E-state index < -0.39 is 0 Å². The molecule has 0 spiro atoms. The van der Waals surface area contributed by atoms with Gasteiger partial charge in [-0.2, -0.15) is 0 Å². The number of anilines is 1. The maximum Gasteiger partial charge on any atom is 0.222 e. The van der Waals surface area contributed by atoms with E-state index >= 15 is 0 Å². The van der Waals surface area contributed by atoms with Gasteiger partial charge in [0.1, 0.15) is 0 Å². The van der Waals surface area contributed by atoms with Gasteiger partial charge in [-0.05, 0) is 56.0 Å². The van der Waals surface area contributed by atoms with Crippen LogP contribution < -0.4 is 5.32 Å². The van der Waals surface area contributed by atoms with E-state index in [0.29, 0.717) is 5.95 Å². The molecule has 0 aliphatic carbocycles. The zero-order valence-corrected chi connectivity index (χ0v) is 11.6. The molecule has 0 saturated heterocycles. The molecule has 0 bridgehead atoms. The zero-order valence-electron chi connectivity index (χ0n) is 11.6. The van der Waals surface area contributed by atoms with Gasteiger partial charge >= 0.3 is 0 Å². The molecule has 0 aliphatic heterocycles. The quantitative estimate of drug-likeness (QED) is 0.875. The number of aromatic nitrogens is 2. The molecule has 94 valence electrons. The van der Waals surface area contributed by atoms with Gasteiger partial charge in [0.25, 0.3) is 0 Å². The fraction of sp³-hybridized carbons (Fsp3) is 0.333. The third-order valence-corrected chi connectivity index (χ3v) is 3.50. The van der Waals surface area contributed by atoms with E-state index in [0.717, 1.165) is 5.69 Å². The van der Waals surface area contributed by atoms with Crippen molar-refractivity contribution in [2.75, 3.05) is 12.4 Å². The van der Waals surface area contributed by atoms with Gasteiger partial charge in [-0.3, -0.25) is 0 Å². The summed E-state index contributed by atoms with van der Waals surface area (Å²) in [5.74, 6) is 0.658. The van der Waals surface area contributed by atoms with Crippen LogP contribution in [0.2, 0.25) is 0 Å². The maximum atomic E-state index is 4.54. The molecule has 18 heavy (non-hydrogen) atoms. The Morgan fingerprint density at radius 3 is 2.17 bits per heavy atom. The summed E-state index contributed by atoms with van der Waals surface area (Å²) in [6.07, 6.45) is 1.80. The first-order valence-corrected chi connectivity index (χ1v) is 6.13. The minimum absolute atomic E-state index is 0.658. The van der Waals surface area contributed by atoms with Crippen molar-refractivity contribution in [3.05, 3.63) is 40.6 Å². The monoisotopic (exact) mass is 241 g/mol. The first-order chi connectivity index (χ1) is 8.54. The van der Waals surface area contributed by atoms with Crippen LogP contribution in [0.1, 0.15) is 22.3 Å². The number of nitrogens with zero attached hydrogens (tertiary/aromatic N) is 2. The maximum absolute atomic E-state index is 4.54. The highest BCUT2D eigenvalue weighted by molar-refractivity contribution is 5.71. The van der Waals surface area contributed by atoms with E-state index in [1.165, 1.54) is 27.8 Å². The number of aryl methyl sites for hydroxylation is 2. The molecule has 0 fully saturated rings. The van der Waals surface area contributed by atoms with Crippen molar-refractivity contribution in [2.24, 2.45) is 0 Å². The van der Waals surface area contributed by atoms with E-state index in [4.69, 9.17) is 0 Å². The van der Waals surface area contributed by atoms with E-state index in [-0.39, 0.29) is 0 Å². The molecule has 3 nitrogen and oxygen atoms in total. The zero-order chi connectivity index (χ0) is 13.3. The van der Waals surface area contributed by atoms with Crippen molar-refractivity contribution in [1.29, 1.82) is 0 Å². The van der Waals surface area contributed by atoms with Gasteiger partial charge < -0.3 is 5.32 Å². The fourth-order valence-corrected chi connectivity index (χ4v) is 2.22. The summed E-state index contributed by atoms with van der Waals surface area (Å²) in [6, 6.07) is 4.20. The third kappa shape index (κ3) is 2.08. The van der Waals surface area contributed by atoms with Crippen LogP contribution in [0.15, 0.2) is 18.3 Å². The minimum Gasteiger partial charge on any atom is -0.357 e. The summed E-state index contributed by atoms with van der Waals surface area (Å²) < 4.78 is 0. The van der Waals surface area contributed by atoms with Gasteiger partial charge in [-0.15, -0.1) is 0 Å². The molecule has 0 unspecified atom stereocenters. The van der Waals surface area contributed by atoms with Crippen LogP contribution in [0.4, 0.5) is 5.95 Å². The van der Waals surface area contributed by atoms with Crippen molar-refractivity contribution < 1.29 is 0 Å². The average molecular weight is 241 g/mol. The Morgan fingerprint density at radius 2 is 1.61 bits per heavy atom. The first kappa shape index (κ1) is 12.6. The average Bonchev–Trinajstić information content (AvgIpc) is 2.37. The molecule has 2 rings (SSSR count). The van der Waals surface area contributed by atoms with Crippen LogP contribution in [-0.4, -0.2) is 17.0 Å². The van der Waals surface area contributed by atoms with Crippen LogP contribution in [0.25, 0.3) is 11.3 Å².